The fourth-order valence-electron chi connectivity index (χ4n) is 8.64. The average molecular weight is 946 g/mol. The van der Waals surface area contributed by atoms with Gasteiger partial charge in [-0.05, 0) is 121 Å². The molecule has 2 aliphatic heterocycles. The predicted octanol–water partition coefficient (Wildman–Crippen LogP) is 9.25. The van der Waals surface area contributed by atoms with Crippen molar-refractivity contribution in [1.82, 2.24) is 9.88 Å². The standard InChI is InChI=1S/C31H30N2O7.C25H25NO4/c1-20-27(32-29(39-20)22-8-4-3-5-9-22)15-16-38-26-10-6-7-21(18-26)17-23-19-33(28(23)30(34)35)31(36)40-25-13-11-24(37-2)12-14-25;1-29-21-12-10-20(11-13-21)26-24(16-27)23(25(26)28)15-19-8-5-9-22(14-19)30-17-18-6-3-2-4-7-18/h3-14,18,23,28H,15-17,19H2,1-2H3,(H,34,35);2-14,23-24,27H,15-17H2,1H3/t23-,28+;23-,24+/m10/s1. The third-order valence-corrected chi connectivity index (χ3v) is 12.4. The summed E-state index contributed by atoms with van der Waals surface area (Å²) in [6.07, 6.45) is 0.952. The second kappa shape index (κ2) is 22.8. The van der Waals surface area contributed by atoms with Crippen molar-refractivity contribution >= 4 is 23.7 Å². The van der Waals surface area contributed by atoms with E-state index >= 15 is 0 Å². The minimum atomic E-state index is -1.06. The molecule has 9 rings (SSSR count). The van der Waals surface area contributed by atoms with Gasteiger partial charge in [0.25, 0.3) is 0 Å². The zero-order valence-corrected chi connectivity index (χ0v) is 39.2. The number of likely N-dealkylation sites (tertiary alicyclic amines) is 1. The van der Waals surface area contributed by atoms with Crippen molar-refractivity contribution in [2.45, 2.75) is 44.9 Å². The van der Waals surface area contributed by atoms with E-state index in [1.54, 1.807) is 43.4 Å². The van der Waals surface area contributed by atoms with Gasteiger partial charge in [-0.1, -0.05) is 72.8 Å². The molecule has 0 spiro atoms. The van der Waals surface area contributed by atoms with Crippen LogP contribution in [0.3, 0.4) is 0 Å². The summed E-state index contributed by atoms with van der Waals surface area (Å²) in [6.45, 7) is 3.01. The Labute approximate surface area is 406 Å². The second-order valence-electron chi connectivity index (χ2n) is 17.0. The maximum atomic E-state index is 12.8. The van der Waals surface area contributed by atoms with Gasteiger partial charge in [0.15, 0.2) is 0 Å². The van der Waals surface area contributed by atoms with Crippen molar-refractivity contribution < 1.29 is 52.7 Å². The minimum Gasteiger partial charge on any atom is -0.497 e. The highest BCUT2D eigenvalue weighted by atomic mass is 16.6. The Kier molecular flexibility index (Phi) is 15.8. The number of β-lactam (4-membered cyclic amide) rings is 1. The molecule has 14 heteroatoms. The molecular formula is C56H55N3O11. The van der Waals surface area contributed by atoms with Gasteiger partial charge >= 0.3 is 12.1 Å². The summed E-state index contributed by atoms with van der Waals surface area (Å²) >= 11 is 0. The molecule has 2 amide bonds. The molecule has 360 valence electrons. The molecule has 1 aromatic heterocycles. The summed E-state index contributed by atoms with van der Waals surface area (Å²) in [6, 6.07) is 47.8. The number of aliphatic hydroxyl groups excluding tert-OH is 1. The molecule has 2 fully saturated rings. The van der Waals surface area contributed by atoms with Crippen molar-refractivity contribution in [3.8, 4) is 40.2 Å². The second-order valence-corrected chi connectivity index (χ2v) is 17.0. The fourth-order valence-corrected chi connectivity index (χ4v) is 8.64. The summed E-state index contributed by atoms with van der Waals surface area (Å²) in [7, 11) is 3.15. The number of hydrogen-bond donors (Lipinski definition) is 2. The van der Waals surface area contributed by atoms with Gasteiger partial charge in [0.2, 0.25) is 11.8 Å². The van der Waals surface area contributed by atoms with E-state index < -0.39 is 18.1 Å². The molecule has 0 unspecified atom stereocenters. The molecule has 0 aliphatic carbocycles. The fraction of sp³-hybridized carbons (Fsp3) is 0.250. The topological polar surface area (TPSA) is 170 Å². The van der Waals surface area contributed by atoms with Crippen molar-refractivity contribution in [3.63, 3.8) is 0 Å². The van der Waals surface area contributed by atoms with Crippen LogP contribution in [0, 0.1) is 18.8 Å². The first kappa shape index (κ1) is 48.4. The van der Waals surface area contributed by atoms with Gasteiger partial charge in [0, 0.05) is 30.1 Å². The molecule has 2 N–H and O–H groups in total. The molecule has 3 heterocycles. The number of hydrogen-bond acceptors (Lipinski definition) is 11. The van der Waals surface area contributed by atoms with Crippen LogP contribution in [-0.4, -0.2) is 84.1 Å². The van der Waals surface area contributed by atoms with Gasteiger partial charge in [0.1, 0.15) is 47.2 Å². The third-order valence-electron chi connectivity index (χ3n) is 12.4. The van der Waals surface area contributed by atoms with Crippen LogP contribution < -0.4 is 28.6 Å². The lowest BCUT2D eigenvalue weighted by molar-refractivity contribution is -0.151. The number of carboxylic acids is 1. The minimum absolute atomic E-state index is 0.0230. The molecule has 0 saturated carbocycles. The third kappa shape index (κ3) is 11.8. The predicted molar refractivity (Wildman–Crippen MR) is 262 cm³/mol. The summed E-state index contributed by atoms with van der Waals surface area (Å²) in [4.78, 5) is 45.0. The monoisotopic (exact) mass is 945 g/mol. The van der Waals surface area contributed by atoms with E-state index in [0.717, 1.165) is 50.9 Å². The van der Waals surface area contributed by atoms with Crippen LogP contribution in [0.5, 0.6) is 28.7 Å². The number of carbonyl (C=O) groups is 3. The summed E-state index contributed by atoms with van der Waals surface area (Å²) in [5, 5.41) is 19.7. The van der Waals surface area contributed by atoms with Crippen LogP contribution in [0.2, 0.25) is 0 Å². The van der Waals surface area contributed by atoms with E-state index in [1.165, 1.54) is 4.90 Å². The number of aliphatic hydroxyl groups is 1. The number of anilines is 1. The van der Waals surface area contributed by atoms with Gasteiger partial charge < -0.3 is 43.2 Å². The zero-order chi connectivity index (χ0) is 49.0. The van der Waals surface area contributed by atoms with Crippen molar-refractivity contribution in [3.05, 3.63) is 186 Å². The van der Waals surface area contributed by atoms with Crippen LogP contribution in [0.1, 0.15) is 28.1 Å². The SMILES string of the molecule is COc1ccc(N2C(=O)[C@@H](Cc3cccc(OCc4ccccc4)c3)[C@H]2CO)cc1.COc1ccc(OC(=O)N2C[C@@H](Cc3cccc(OCCc4nc(-c5ccccc5)oc4C)c3)[C@H]2C(=O)O)cc1. The van der Waals surface area contributed by atoms with Crippen LogP contribution in [0.4, 0.5) is 10.5 Å². The number of aryl methyl sites for hydroxylation is 1. The summed E-state index contributed by atoms with van der Waals surface area (Å²) in [5.41, 5.74) is 5.60. The zero-order valence-electron chi connectivity index (χ0n) is 39.2. The van der Waals surface area contributed by atoms with E-state index in [1.807, 2.05) is 140 Å². The Morgan fingerprint density at radius 3 is 1.91 bits per heavy atom. The number of carboxylic acid groups (broad SMARTS) is 1. The number of methoxy groups -OCH3 is 2. The highest BCUT2D eigenvalue weighted by Crippen LogP contribution is 2.36. The van der Waals surface area contributed by atoms with Crippen molar-refractivity contribution in [1.29, 1.82) is 0 Å². The van der Waals surface area contributed by atoms with Gasteiger partial charge in [-0.3, -0.25) is 9.69 Å². The molecule has 0 radical (unpaired) electrons. The molecule has 2 saturated heterocycles. The van der Waals surface area contributed by atoms with Crippen LogP contribution in [0.25, 0.3) is 11.5 Å². The van der Waals surface area contributed by atoms with Gasteiger partial charge in [0.05, 0.1) is 45.1 Å². The highest BCUT2D eigenvalue weighted by Gasteiger charge is 2.48. The molecule has 2 aliphatic rings. The molecular weight excluding hydrogens is 891 g/mol. The van der Waals surface area contributed by atoms with Gasteiger partial charge in [-0.15, -0.1) is 0 Å². The lowest BCUT2D eigenvalue weighted by Crippen LogP contribution is -2.63. The first-order chi connectivity index (χ1) is 34.1. The molecule has 6 aromatic carbocycles. The number of carbonyl (C=O) groups excluding carboxylic acids is 2. The quantitative estimate of drug-likeness (QED) is 0.0784. The first-order valence-corrected chi connectivity index (χ1v) is 23.0. The molecule has 4 atom stereocenters. The molecule has 14 nitrogen and oxygen atoms in total. The van der Waals surface area contributed by atoms with Gasteiger partial charge in [-0.2, -0.15) is 0 Å². The van der Waals surface area contributed by atoms with Crippen molar-refractivity contribution in [2.24, 2.45) is 11.8 Å². The Bertz CT molecular complexity index is 2840. The number of rotatable bonds is 18. The summed E-state index contributed by atoms with van der Waals surface area (Å²) < 4.78 is 33.3. The van der Waals surface area contributed by atoms with Crippen molar-refractivity contribution in [2.75, 3.05) is 38.9 Å². The Morgan fingerprint density at radius 2 is 1.29 bits per heavy atom. The smallest absolute Gasteiger partial charge is 0.416 e. The van der Waals surface area contributed by atoms with E-state index in [2.05, 4.69) is 4.98 Å². The highest BCUT2D eigenvalue weighted by molar-refractivity contribution is 6.03. The van der Waals surface area contributed by atoms with E-state index in [9.17, 15) is 24.6 Å². The number of benzene rings is 6. The maximum absolute atomic E-state index is 12.8. The lowest BCUT2D eigenvalue weighted by atomic mass is 9.82. The van der Waals surface area contributed by atoms with E-state index in [0.29, 0.717) is 55.6 Å². The molecule has 7 aromatic rings. The van der Waals surface area contributed by atoms with Gasteiger partial charge in [-0.25, -0.2) is 14.6 Å². The number of oxazole rings is 1. The maximum Gasteiger partial charge on any atom is 0.416 e. The molecule has 0 bridgehead atoms. The summed E-state index contributed by atoms with van der Waals surface area (Å²) in [5.74, 6) is 2.95. The van der Waals surface area contributed by atoms with Crippen LogP contribution >= 0.6 is 0 Å². The number of aliphatic carboxylic acids is 1. The van der Waals surface area contributed by atoms with Crippen LogP contribution in [0.15, 0.2) is 162 Å². The van der Waals surface area contributed by atoms with E-state index in [-0.39, 0.29) is 36.9 Å². The molecule has 70 heavy (non-hydrogen) atoms. The number of ether oxygens (including phenoxy) is 5. The lowest BCUT2D eigenvalue weighted by Gasteiger charge is -2.46. The van der Waals surface area contributed by atoms with Crippen LogP contribution in [-0.2, 0) is 35.5 Å². The van der Waals surface area contributed by atoms with E-state index in [4.69, 9.17) is 28.1 Å². The first-order valence-electron chi connectivity index (χ1n) is 23.0. The largest absolute Gasteiger partial charge is 0.497 e. The number of aromatic nitrogens is 1. The Hall–Kier alpha value is -8.10. The Morgan fingerprint density at radius 1 is 0.700 bits per heavy atom. The average Bonchev–Trinajstić information content (AvgIpc) is 3.75. The Balaban J connectivity index is 0.000000196. The number of nitrogens with zero attached hydrogens (tertiary/aromatic N) is 3. The number of amides is 2. The normalized spacial score (nSPS) is 17.0.